The molecule has 0 bridgehead atoms. The molecule has 0 unspecified atom stereocenters. The molecule has 0 saturated carbocycles. The van der Waals surface area contributed by atoms with Crippen LogP contribution >= 0.6 is 7.26 Å². The van der Waals surface area contributed by atoms with Crippen molar-refractivity contribution in [2.45, 2.75) is 13.8 Å². The number of allylic oxidation sites excluding steroid dienone is 1. The molecule has 0 spiro atoms. The highest BCUT2D eigenvalue weighted by atomic mass is 31.2. The molecule has 0 N–H and O–H groups in total. The van der Waals surface area contributed by atoms with E-state index < -0.39 is 7.26 Å². The molecule has 0 nitrogen and oxygen atoms in total. The molecule has 0 aliphatic carbocycles. The van der Waals surface area contributed by atoms with Crippen LogP contribution in [0.5, 0.6) is 0 Å². The van der Waals surface area contributed by atoms with Gasteiger partial charge < -0.3 is 0 Å². The fourth-order valence-electron chi connectivity index (χ4n) is 3.29. The molecule has 3 aromatic carbocycles. The molecule has 3 aromatic rings. The van der Waals surface area contributed by atoms with E-state index in [9.17, 15) is 0 Å². The third kappa shape index (κ3) is 2.83. The second-order valence-electron chi connectivity index (χ2n) is 6.32. The molecule has 0 aromatic heterocycles. The van der Waals surface area contributed by atoms with Gasteiger partial charge in [0.25, 0.3) is 0 Å². The lowest BCUT2D eigenvalue weighted by Gasteiger charge is -2.30. The Bertz CT molecular complexity index is 693. The fourth-order valence-corrected chi connectivity index (χ4v) is 7.81. The van der Waals surface area contributed by atoms with Gasteiger partial charge >= 0.3 is 0 Å². The maximum atomic E-state index is 4.61. The van der Waals surface area contributed by atoms with Crippen molar-refractivity contribution in [2.24, 2.45) is 5.92 Å². The van der Waals surface area contributed by atoms with Crippen LogP contribution in [0.25, 0.3) is 0 Å². The van der Waals surface area contributed by atoms with Crippen LogP contribution in [0.2, 0.25) is 0 Å². The van der Waals surface area contributed by atoms with E-state index in [1.165, 1.54) is 21.2 Å². The smallest absolute Gasteiger partial charge is 0.0620 e. The van der Waals surface area contributed by atoms with Gasteiger partial charge in [-0.15, -0.1) is 0 Å². The summed E-state index contributed by atoms with van der Waals surface area (Å²) >= 11 is 0. The molecule has 0 aliphatic rings. The minimum absolute atomic E-state index is 0.416. The Morgan fingerprint density at radius 3 is 1.17 bits per heavy atom. The van der Waals surface area contributed by atoms with Crippen LogP contribution in [0.4, 0.5) is 0 Å². The van der Waals surface area contributed by atoms with Crippen LogP contribution < -0.4 is 15.9 Å². The summed E-state index contributed by atoms with van der Waals surface area (Å²) in [4.78, 5) is 0. The lowest BCUT2D eigenvalue weighted by molar-refractivity contribution is 0.816. The summed E-state index contributed by atoms with van der Waals surface area (Å²) in [5.41, 5.74) is 0. The summed E-state index contributed by atoms with van der Waals surface area (Å²) in [6, 6.07) is 32.7. The van der Waals surface area contributed by atoms with Crippen LogP contribution in [0.15, 0.2) is 103 Å². The highest BCUT2D eigenvalue weighted by molar-refractivity contribution is 7.99. The van der Waals surface area contributed by atoms with Crippen molar-refractivity contribution in [1.82, 2.24) is 0 Å². The second kappa shape index (κ2) is 7.16. The molecule has 3 rings (SSSR count). The first-order valence-corrected chi connectivity index (χ1v) is 10.2. The molecular weight excluding hydrogens is 307 g/mol. The quantitative estimate of drug-likeness (QED) is 0.567. The zero-order valence-corrected chi connectivity index (χ0v) is 15.3. The normalized spacial score (nSPS) is 11.5. The average Bonchev–Trinajstić information content (AvgIpc) is 2.65. The zero-order valence-electron chi connectivity index (χ0n) is 14.4. The van der Waals surface area contributed by atoms with Crippen molar-refractivity contribution in [3.63, 3.8) is 0 Å². The summed E-state index contributed by atoms with van der Waals surface area (Å²) < 4.78 is 0. The summed E-state index contributed by atoms with van der Waals surface area (Å²) in [6.45, 7) is 9.12. The van der Waals surface area contributed by atoms with E-state index in [2.05, 4.69) is 111 Å². The van der Waals surface area contributed by atoms with Crippen LogP contribution in [-0.2, 0) is 0 Å². The molecule has 0 saturated heterocycles. The van der Waals surface area contributed by atoms with Gasteiger partial charge in [-0.2, -0.15) is 0 Å². The summed E-state index contributed by atoms with van der Waals surface area (Å²) in [7, 11) is -1.89. The van der Waals surface area contributed by atoms with E-state index in [0.29, 0.717) is 5.92 Å². The Kier molecular flexibility index (Phi) is 4.97. The van der Waals surface area contributed by atoms with Crippen molar-refractivity contribution < 1.29 is 0 Å². The molecule has 0 amide bonds. The van der Waals surface area contributed by atoms with E-state index in [1.807, 2.05) is 0 Å². The van der Waals surface area contributed by atoms with E-state index in [-0.39, 0.29) is 0 Å². The molecule has 0 fully saturated rings. The van der Waals surface area contributed by atoms with Gasteiger partial charge in [-0.3, -0.25) is 0 Å². The number of rotatable bonds is 5. The van der Waals surface area contributed by atoms with Crippen molar-refractivity contribution in [3.05, 3.63) is 103 Å². The van der Waals surface area contributed by atoms with Crippen molar-refractivity contribution in [1.29, 1.82) is 0 Å². The average molecular weight is 331 g/mol. The number of benzene rings is 3. The molecular formula is C23H24P+. The molecule has 24 heavy (non-hydrogen) atoms. The van der Waals surface area contributed by atoms with E-state index in [0.717, 1.165) is 0 Å². The van der Waals surface area contributed by atoms with Gasteiger partial charge in [-0.1, -0.05) is 75.0 Å². The van der Waals surface area contributed by atoms with E-state index >= 15 is 0 Å². The van der Waals surface area contributed by atoms with Gasteiger partial charge in [-0.05, 0) is 36.4 Å². The van der Waals surface area contributed by atoms with E-state index in [4.69, 9.17) is 0 Å². The van der Waals surface area contributed by atoms with Gasteiger partial charge in [0.1, 0.15) is 23.2 Å². The van der Waals surface area contributed by atoms with Gasteiger partial charge in [-0.25, -0.2) is 0 Å². The summed E-state index contributed by atoms with van der Waals surface area (Å²) in [5, 5.41) is 5.45. The Labute approximate surface area is 146 Å². The Hall–Kier alpha value is -2.17. The lowest BCUT2D eigenvalue weighted by Crippen LogP contribution is -2.33. The minimum Gasteiger partial charge on any atom is -0.0620 e. The monoisotopic (exact) mass is 331 g/mol. The Balaban J connectivity index is 2.40. The van der Waals surface area contributed by atoms with Gasteiger partial charge in [0.15, 0.2) is 0 Å². The number of hydrogen-bond acceptors (Lipinski definition) is 0. The largest absolute Gasteiger partial charge is 0.139 e. The van der Waals surface area contributed by atoms with Gasteiger partial charge in [0.2, 0.25) is 0 Å². The third-order valence-corrected chi connectivity index (χ3v) is 9.12. The molecule has 0 heterocycles. The topological polar surface area (TPSA) is 0 Å². The van der Waals surface area contributed by atoms with Crippen molar-refractivity contribution >= 4 is 23.2 Å². The Morgan fingerprint density at radius 1 is 0.625 bits per heavy atom. The van der Waals surface area contributed by atoms with Crippen molar-refractivity contribution in [2.75, 3.05) is 0 Å². The Morgan fingerprint density at radius 2 is 0.917 bits per heavy atom. The van der Waals surface area contributed by atoms with Crippen molar-refractivity contribution in [3.8, 4) is 0 Å². The first-order valence-electron chi connectivity index (χ1n) is 8.42. The highest BCUT2D eigenvalue weighted by Crippen LogP contribution is 2.63. The standard InChI is InChI=1S/C23H24P/c1-19(2)20(3)24(21-13-7-4-8-14-21,22-15-9-5-10-16-22)23-17-11-6-12-18-23/h4-19H,3H2,1-2H3/q+1. The highest BCUT2D eigenvalue weighted by Gasteiger charge is 2.49. The molecule has 120 valence electrons. The SMILES string of the molecule is C=C(C(C)C)[P+](c1ccccc1)(c1ccccc1)c1ccccc1. The first-order chi connectivity index (χ1) is 11.7. The first kappa shape index (κ1) is 16.7. The fraction of sp³-hybridized carbons (Fsp3) is 0.130. The zero-order chi connectivity index (χ0) is 17.0. The van der Waals surface area contributed by atoms with Crippen LogP contribution in [0.3, 0.4) is 0 Å². The predicted octanol–water partition coefficient (Wildman–Crippen LogP) is 5.15. The second-order valence-corrected chi connectivity index (χ2v) is 9.79. The molecule has 0 atom stereocenters. The lowest BCUT2D eigenvalue weighted by atomic mass is 10.2. The molecule has 0 radical (unpaired) electrons. The summed E-state index contributed by atoms with van der Waals surface area (Å²) in [5.74, 6) is 0.416. The van der Waals surface area contributed by atoms with Crippen LogP contribution in [0, 0.1) is 5.92 Å². The molecule has 1 heteroatoms. The van der Waals surface area contributed by atoms with Gasteiger partial charge in [0.05, 0.1) is 5.31 Å². The van der Waals surface area contributed by atoms with Gasteiger partial charge in [0, 0.05) is 5.92 Å². The number of hydrogen-bond donors (Lipinski definition) is 0. The maximum absolute atomic E-state index is 4.61. The third-order valence-electron chi connectivity index (χ3n) is 4.53. The predicted molar refractivity (Wildman–Crippen MR) is 109 cm³/mol. The maximum Gasteiger partial charge on any atom is 0.139 e. The summed E-state index contributed by atoms with van der Waals surface area (Å²) in [6.07, 6.45) is 0. The minimum atomic E-state index is -1.89. The van der Waals surface area contributed by atoms with Crippen LogP contribution in [0.1, 0.15) is 13.8 Å². The molecule has 0 aliphatic heterocycles. The van der Waals surface area contributed by atoms with E-state index in [1.54, 1.807) is 0 Å². The van der Waals surface area contributed by atoms with Crippen LogP contribution in [-0.4, -0.2) is 0 Å².